The van der Waals surface area contributed by atoms with Gasteiger partial charge in [-0.3, -0.25) is 9.59 Å². The van der Waals surface area contributed by atoms with Crippen LogP contribution in [0, 0.1) is 0 Å². The first kappa shape index (κ1) is 15.3. The van der Waals surface area contributed by atoms with E-state index in [1.54, 1.807) is 0 Å². The van der Waals surface area contributed by atoms with Crippen LogP contribution in [0.3, 0.4) is 0 Å². The first-order valence-corrected chi connectivity index (χ1v) is 7.29. The molecule has 0 atom stereocenters. The van der Waals surface area contributed by atoms with Crippen LogP contribution in [-0.2, 0) is 22.7 Å². The molecule has 0 aromatic heterocycles. The molecule has 0 saturated carbocycles. The molecule has 2 N–H and O–H groups in total. The normalized spacial score (nSPS) is 9.95. The summed E-state index contributed by atoms with van der Waals surface area (Å²) < 4.78 is 0.971. The Labute approximate surface area is 131 Å². The average molecular weight is 347 g/mol. The lowest BCUT2D eigenvalue weighted by atomic mass is 10.2. The van der Waals surface area contributed by atoms with E-state index in [1.807, 2.05) is 54.6 Å². The van der Waals surface area contributed by atoms with Crippen molar-refractivity contribution >= 4 is 27.7 Å². The van der Waals surface area contributed by atoms with Crippen LogP contribution in [0.1, 0.15) is 11.1 Å². The molecule has 21 heavy (non-hydrogen) atoms. The van der Waals surface area contributed by atoms with Gasteiger partial charge in [-0.1, -0.05) is 58.4 Å². The molecule has 2 aromatic carbocycles. The summed E-state index contributed by atoms with van der Waals surface area (Å²) in [6.45, 7) is 0.663. The predicted octanol–water partition coefficient (Wildman–Crippen LogP) is 2.38. The van der Waals surface area contributed by atoms with E-state index in [-0.39, 0.29) is 0 Å². The molecule has 0 saturated heterocycles. The van der Waals surface area contributed by atoms with E-state index >= 15 is 0 Å². The van der Waals surface area contributed by atoms with Crippen molar-refractivity contribution in [3.63, 3.8) is 0 Å². The second-order valence-corrected chi connectivity index (χ2v) is 5.39. The van der Waals surface area contributed by atoms with Crippen LogP contribution in [-0.4, -0.2) is 11.8 Å². The summed E-state index contributed by atoms with van der Waals surface area (Å²) in [5.41, 5.74) is 1.88. The molecule has 0 bridgehead atoms. The number of amides is 2. The molecule has 0 radical (unpaired) electrons. The van der Waals surface area contributed by atoms with E-state index in [2.05, 4.69) is 26.6 Å². The Morgan fingerprint density at radius 1 is 0.762 bits per heavy atom. The van der Waals surface area contributed by atoms with Crippen LogP contribution in [0.25, 0.3) is 0 Å². The van der Waals surface area contributed by atoms with E-state index < -0.39 is 11.8 Å². The summed E-state index contributed by atoms with van der Waals surface area (Å²) in [6.07, 6.45) is 0. The van der Waals surface area contributed by atoms with Gasteiger partial charge in [0.05, 0.1) is 0 Å². The Balaban J connectivity index is 1.77. The zero-order chi connectivity index (χ0) is 15.1. The number of benzene rings is 2. The molecule has 4 nitrogen and oxygen atoms in total. The van der Waals surface area contributed by atoms with E-state index in [4.69, 9.17) is 0 Å². The summed E-state index contributed by atoms with van der Waals surface area (Å²) >= 11 is 3.34. The van der Waals surface area contributed by atoms with Gasteiger partial charge in [-0.2, -0.15) is 0 Å². The van der Waals surface area contributed by atoms with Crippen LogP contribution < -0.4 is 10.6 Å². The highest BCUT2D eigenvalue weighted by Crippen LogP contribution is 2.10. The summed E-state index contributed by atoms with van der Waals surface area (Å²) in [5, 5.41) is 5.17. The van der Waals surface area contributed by atoms with Gasteiger partial charge in [0, 0.05) is 17.6 Å². The number of hydrogen-bond acceptors (Lipinski definition) is 2. The molecule has 0 unspecified atom stereocenters. The lowest BCUT2D eigenvalue weighted by Crippen LogP contribution is -2.39. The maximum absolute atomic E-state index is 11.7. The van der Waals surface area contributed by atoms with Gasteiger partial charge in [-0.15, -0.1) is 0 Å². The molecule has 108 valence electrons. The molecule has 5 heteroatoms. The van der Waals surface area contributed by atoms with Crippen molar-refractivity contribution in [2.45, 2.75) is 13.1 Å². The van der Waals surface area contributed by atoms with Crippen molar-refractivity contribution in [3.8, 4) is 0 Å². The summed E-state index contributed by atoms with van der Waals surface area (Å²) in [5.74, 6) is -1.26. The number of hydrogen-bond donors (Lipinski definition) is 2. The molecule has 2 amide bonds. The number of rotatable bonds is 4. The van der Waals surface area contributed by atoms with Gasteiger partial charge in [-0.25, -0.2) is 0 Å². The monoisotopic (exact) mass is 346 g/mol. The van der Waals surface area contributed by atoms with Crippen molar-refractivity contribution in [3.05, 3.63) is 70.2 Å². The fourth-order valence-electron chi connectivity index (χ4n) is 1.72. The average Bonchev–Trinajstić information content (AvgIpc) is 2.52. The molecular formula is C16H15BrN2O2. The molecule has 2 rings (SSSR count). The molecule has 0 aliphatic rings. The number of carbonyl (C=O) groups excluding carboxylic acids is 2. The van der Waals surface area contributed by atoms with Crippen LogP contribution in [0.2, 0.25) is 0 Å². The van der Waals surface area contributed by atoms with Crippen molar-refractivity contribution in [1.82, 2.24) is 10.6 Å². The van der Waals surface area contributed by atoms with Crippen LogP contribution in [0.15, 0.2) is 59.1 Å². The fourth-order valence-corrected chi connectivity index (χ4v) is 1.99. The van der Waals surface area contributed by atoms with Crippen molar-refractivity contribution in [2.75, 3.05) is 0 Å². The van der Waals surface area contributed by atoms with E-state index in [0.717, 1.165) is 15.6 Å². The topological polar surface area (TPSA) is 58.2 Å². The van der Waals surface area contributed by atoms with E-state index in [9.17, 15) is 9.59 Å². The predicted molar refractivity (Wildman–Crippen MR) is 84.3 cm³/mol. The third-order valence-corrected chi connectivity index (χ3v) is 3.40. The summed E-state index contributed by atoms with van der Waals surface area (Å²) in [4.78, 5) is 23.3. The lowest BCUT2D eigenvalue weighted by Gasteiger charge is -2.07. The van der Waals surface area contributed by atoms with E-state index in [1.165, 1.54) is 0 Å². The van der Waals surface area contributed by atoms with Gasteiger partial charge in [0.1, 0.15) is 0 Å². The number of nitrogens with one attached hydrogen (secondary N) is 2. The second-order valence-electron chi connectivity index (χ2n) is 4.48. The van der Waals surface area contributed by atoms with Gasteiger partial charge in [-0.05, 0) is 23.3 Å². The van der Waals surface area contributed by atoms with Gasteiger partial charge in [0.25, 0.3) is 0 Å². The fraction of sp³-hybridized carbons (Fsp3) is 0.125. The molecule has 0 heterocycles. The van der Waals surface area contributed by atoms with Crippen molar-refractivity contribution in [1.29, 1.82) is 0 Å². The molecular weight excluding hydrogens is 332 g/mol. The molecule has 0 aliphatic heterocycles. The minimum Gasteiger partial charge on any atom is -0.344 e. The minimum absolute atomic E-state index is 0.324. The Morgan fingerprint density at radius 2 is 1.24 bits per heavy atom. The zero-order valence-corrected chi connectivity index (χ0v) is 12.9. The summed E-state index contributed by atoms with van der Waals surface area (Å²) in [7, 11) is 0. The highest BCUT2D eigenvalue weighted by molar-refractivity contribution is 9.10. The number of halogens is 1. The van der Waals surface area contributed by atoms with Gasteiger partial charge < -0.3 is 10.6 Å². The Kier molecular flexibility index (Phi) is 5.51. The van der Waals surface area contributed by atoms with Crippen molar-refractivity contribution in [2.24, 2.45) is 0 Å². The largest absolute Gasteiger partial charge is 0.344 e. The highest BCUT2D eigenvalue weighted by Gasteiger charge is 2.12. The first-order valence-electron chi connectivity index (χ1n) is 6.49. The Morgan fingerprint density at radius 3 is 1.76 bits per heavy atom. The van der Waals surface area contributed by atoms with Crippen LogP contribution in [0.4, 0.5) is 0 Å². The van der Waals surface area contributed by atoms with E-state index in [0.29, 0.717) is 13.1 Å². The quantitative estimate of drug-likeness (QED) is 0.835. The maximum atomic E-state index is 11.7. The van der Waals surface area contributed by atoms with Crippen LogP contribution in [0.5, 0.6) is 0 Å². The third-order valence-electron chi connectivity index (χ3n) is 2.87. The van der Waals surface area contributed by atoms with Crippen LogP contribution >= 0.6 is 15.9 Å². The Bertz CT molecular complexity index is 612. The van der Waals surface area contributed by atoms with Gasteiger partial charge >= 0.3 is 11.8 Å². The highest BCUT2D eigenvalue weighted by atomic mass is 79.9. The smallest absolute Gasteiger partial charge is 0.309 e. The molecule has 0 spiro atoms. The Hall–Kier alpha value is -2.14. The minimum atomic E-state index is -0.631. The SMILES string of the molecule is O=C(NCc1ccccc1)C(=O)NCc1ccc(Br)cc1. The summed E-state index contributed by atoms with van der Waals surface area (Å²) in [6, 6.07) is 17.0. The van der Waals surface area contributed by atoms with Crippen molar-refractivity contribution < 1.29 is 9.59 Å². The zero-order valence-electron chi connectivity index (χ0n) is 11.3. The maximum Gasteiger partial charge on any atom is 0.309 e. The molecule has 2 aromatic rings. The molecule has 0 aliphatic carbocycles. The standard InChI is InChI=1S/C16H15BrN2O2/c17-14-8-6-13(7-9-14)11-19-16(21)15(20)18-10-12-4-2-1-3-5-12/h1-9H,10-11H2,(H,18,20)(H,19,21). The van der Waals surface area contributed by atoms with Gasteiger partial charge in [0.15, 0.2) is 0 Å². The lowest BCUT2D eigenvalue weighted by molar-refractivity contribution is -0.139. The number of carbonyl (C=O) groups is 2. The third kappa shape index (κ3) is 5.04. The molecule has 0 fully saturated rings. The first-order chi connectivity index (χ1) is 10.1. The van der Waals surface area contributed by atoms with Gasteiger partial charge in [0.2, 0.25) is 0 Å². The second kappa shape index (κ2) is 7.59.